The lowest BCUT2D eigenvalue weighted by Crippen LogP contribution is -2.52. The molecule has 2 aliphatic rings. The first kappa shape index (κ1) is 19.7. The molecule has 1 saturated carbocycles. The Bertz CT molecular complexity index is 630. The maximum Gasteiger partial charge on any atom is 0.260 e. The summed E-state index contributed by atoms with van der Waals surface area (Å²) in [5, 5.41) is 3.31. The molecule has 1 aliphatic heterocycles. The van der Waals surface area contributed by atoms with E-state index in [2.05, 4.69) is 19.2 Å². The Morgan fingerprint density at radius 3 is 2.37 bits per heavy atom. The number of piperidine rings is 1. The van der Waals surface area contributed by atoms with Gasteiger partial charge in [0.2, 0.25) is 5.91 Å². The van der Waals surface area contributed by atoms with Crippen LogP contribution in [0.1, 0.15) is 52.4 Å². The van der Waals surface area contributed by atoms with E-state index in [9.17, 15) is 9.59 Å². The van der Waals surface area contributed by atoms with Crippen LogP contribution in [0.5, 0.6) is 5.75 Å². The lowest BCUT2D eigenvalue weighted by molar-refractivity contribution is -0.137. The van der Waals surface area contributed by atoms with E-state index in [-0.39, 0.29) is 29.9 Å². The Morgan fingerprint density at radius 2 is 1.74 bits per heavy atom. The van der Waals surface area contributed by atoms with E-state index in [4.69, 9.17) is 4.74 Å². The molecule has 1 saturated heterocycles. The minimum Gasteiger partial charge on any atom is -0.484 e. The number of benzene rings is 1. The van der Waals surface area contributed by atoms with Gasteiger partial charge in [-0.15, -0.1) is 0 Å². The van der Waals surface area contributed by atoms with Crippen LogP contribution in [0, 0.1) is 11.8 Å². The molecular weight excluding hydrogens is 340 g/mol. The summed E-state index contributed by atoms with van der Waals surface area (Å²) in [7, 11) is 0. The maximum atomic E-state index is 12.7. The van der Waals surface area contributed by atoms with Crippen LogP contribution in [-0.4, -0.2) is 41.9 Å². The smallest absolute Gasteiger partial charge is 0.260 e. The van der Waals surface area contributed by atoms with Crippen LogP contribution >= 0.6 is 0 Å². The van der Waals surface area contributed by atoms with Crippen LogP contribution in [0.2, 0.25) is 0 Å². The van der Waals surface area contributed by atoms with E-state index in [1.54, 1.807) is 0 Å². The molecule has 1 N–H and O–H groups in total. The minimum absolute atomic E-state index is 0.00839. The van der Waals surface area contributed by atoms with Gasteiger partial charge >= 0.3 is 0 Å². The van der Waals surface area contributed by atoms with Gasteiger partial charge in [-0.3, -0.25) is 9.59 Å². The fourth-order valence-electron chi connectivity index (χ4n) is 4.07. The summed E-state index contributed by atoms with van der Waals surface area (Å²) in [6.07, 6.45) is 5.96. The van der Waals surface area contributed by atoms with Crippen LogP contribution in [0.4, 0.5) is 0 Å². The summed E-state index contributed by atoms with van der Waals surface area (Å²) in [4.78, 5) is 26.9. The van der Waals surface area contributed by atoms with Crippen LogP contribution < -0.4 is 10.1 Å². The van der Waals surface area contributed by atoms with Gasteiger partial charge in [-0.1, -0.05) is 25.1 Å². The lowest BCUT2D eigenvalue weighted by atomic mass is 9.78. The summed E-state index contributed by atoms with van der Waals surface area (Å²) in [5.41, 5.74) is -0.0555. The molecule has 1 aromatic rings. The Labute approximate surface area is 162 Å². The average molecular weight is 373 g/mol. The number of hydrogen-bond donors (Lipinski definition) is 1. The Morgan fingerprint density at radius 1 is 1.11 bits per heavy atom. The minimum atomic E-state index is -0.0555. The molecule has 1 heterocycles. The fourth-order valence-corrected chi connectivity index (χ4v) is 4.07. The molecule has 27 heavy (non-hydrogen) atoms. The standard InChI is InChI=1S/C22H32N2O3/c1-17-8-12-22(2,13-9-17)23-21(26)18-10-14-24(15-11-18)20(25)16-27-19-6-4-3-5-7-19/h3-7,17-18H,8-16H2,1-2H3,(H,23,26). The van der Waals surface area contributed by atoms with Crippen molar-refractivity contribution >= 4 is 11.8 Å². The van der Waals surface area contributed by atoms with Gasteiger partial charge in [0, 0.05) is 24.5 Å². The van der Waals surface area contributed by atoms with Crippen molar-refractivity contribution < 1.29 is 14.3 Å². The topological polar surface area (TPSA) is 58.6 Å². The third-order valence-corrected chi connectivity index (χ3v) is 6.13. The molecule has 0 radical (unpaired) electrons. The van der Waals surface area contributed by atoms with Gasteiger partial charge in [0.15, 0.2) is 6.61 Å². The normalized spacial score (nSPS) is 26.4. The lowest BCUT2D eigenvalue weighted by Gasteiger charge is -2.39. The quantitative estimate of drug-likeness (QED) is 0.862. The number of likely N-dealkylation sites (tertiary alicyclic amines) is 1. The van der Waals surface area contributed by atoms with Crippen molar-refractivity contribution in [3.63, 3.8) is 0 Å². The summed E-state index contributed by atoms with van der Waals surface area (Å²) in [6.45, 7) is 5.77. The summed E-state index contributed by atoms with van der Waals surface area (Å²) >= 11 is 0. The molecule has 1 aliphatic carbocycles. The molecule has 148 valence electrons. The second-order valence-electron chi connectivity index (χ2n) is 8.49. The second kappa shape index (κ2) is 8.77. The number of nitrogens with zero attached hydrogens (tertiary/aromatic N) is 1. The van der Waals surface area contributed by atoms with Crippen LogP contribution in [-0.2, 0) is 9.59 Å². The van der Waals surface area contributed by atoms with Crippen LogP contribution in [0.15, 0.2) is 30.3 Å². The van der Waals surface area contributed by atoms with Crippen molar-refractivity contribution in [2.75, 3.05) is 19.7 Å². The molecule has 0 spiro atoms. The molecule has 5 heteroatoms. The fraction of sp³-hybridized carbons (Fsp3) is 0.636. The van der Waals surface area contributed by atoms with E-state index >= 15 is 0 Å². The highest BCUT2D eigenvalue weighted by molar-refractivity contribution is 5.81. The number of nitrogens with one attached hydrogen (secondary N) is 1. The van der Waals surface area contributed by atoms with Gasteiger partial charge in [-0.05, 0) is 63.5 Å². The van der Waals surface area contributed by atoms with Crippen molar-refractivity contribution in [2.45, 2.75) is 57.9 Å². The van der Waals surface area contributed by atoms with E-state index in [0.29, 0.717) is 18.8 Å². The highest BCUT2D eigenvalue weighted by Crippen LogP contribution is 2.32. The average Bonchev–Trinajstić information content (AvgIpc) is 2.69. The van der Waals surface area contributed by atoms with Crippen molar-refractivity contribution in [1.29, 1.82) is 0 Å². The summed E-state index contributed by atoms with van der Waals surface area (Å²) in [5.74, 6) is 1.64. The van der Waals surface area contributed by atoms with Gasteiger partial charge in [0.1, 0.15) is 5.75 Å². The van der Waals surface area contributed by atoms with Gasteiger partial charge < -0.3 is 15.0 Å². The van der Waals surface area contributed by atoms with Gasteiger partial charge in [-0.25, -0.2) is 0 Å². The van der Waals surface area contributed by atoms with Gasteiger partial charge in [-0.2, -0.15) is 0 Å². The maximum absolute atomic E-state index is 12.7. The zero-order valence-corrected chi connectivity index (χ0v) is 16.6. The molecule has 2 fully saturated rings. The zero-order chi connectivity index (χ0) is 19.3. The third kappa shape index (κ3) is 5.47. The third-order valence-electron chi connectivity index (χ3n) is 6.13. The van der Waals surface area contributed by atoms with Crippen LogP contribution in [0.3, 0.4) is 0 Å². The second-order valence-corrected chi connectivity index (χ2v) is 8.49. The number of carbonyl (C=O) groups is 2. The zero-order valence-electron chi connectivity index (χ0n) is 16.6. The summed E-state index contributed by atoms with van der Waals surface area (Å²) < 4.78 is 5.55. The monoisotopic (exact) mass is 372 g/mol. The first-order valence-corrected chi connectivity index (χ1v) is 10.2. The molecule has 3 rings (SSSR count). The first-order valence-electron chi connectivity index (χ1n) is 10.2. The Kier molecular flexibility index (Phi) is 6.40. The highest BCUT2D eigenvalue weighted by atomic mass is 16.5. The molecule has 0 aromatic heterocycles. The SMILES string of the molecule is CC1CCC(C)(NC(=O)C2CCN(C(=O)COc3ccccc3)CC2)CC1. The molecule has 5 nitrogen and oxygen atoms in total. The number of carbonyl (C=O) groups excluding carboxylic acids is 2. The molecule has 2 amide bonds. The predicted molar refractivity (Wildman–Crippen MR) is 105 cm³/mol. The number of ether oxygens (including phenoxy) is 1. The molecule has 1 aromatic carbocycles. The van der Waals surface area contributed by atoms with E-state index in [0.717, 1.165) is 31.6 Å². The van der Waals surface area contributed by atoms with Crippen molar-refractivity contribution in [3.8, 4) is 5.75 Å². The molecular formula is C22H32N2O3. The first-order chi connectivity index (χ1) is 13.0. The van der Waals surface area contributed by atoms with Gasteiger partial charge in [0.05, 0.1) is 0 Å². The van der Waals surface area contributed by atoms with Gasteiger partial charge in [0.25, 0.3) is 5.91 Å². The number of amides is 2. The Balaban J connectivity index is 1.41. The number of para-hydroxylation sites is 1. The molecule has 0 atom stereocenters. The summed E-state index contributed by atoms with van der Waals surface area (Å²) in [6, 6.07) is 9.38. The van der Waals surface area contributed by atoms with E-state index < -0.39 is 0 Å². The predicted octanol–water partition coefficient (Wildman–Crippen LogP) is 3.39. The Hall–Kier alpha value is -2.04. The van der Waals surface area contributed by atoms with E-state index in [1.807, 2.05) is 35.2 Å². The van der Waals surface area contributed by atoms with Crippen molar-refractivity contribution in [2.24, 2.45) is 11.8 Å². The highest BCUT2D eigenvalue weighted by Gasteiger charge is 2.34. The van der Waals surface area contributed by atoms with E-state index in [1.165, 1.54) is 12.8 Å². The van der Waals surface area contributed by atoms with Crippen LogP contribution in [0.25, 0.3) is 0 Å². The van der Waals surface area contributed by atoms with Crippen molar-refractivity contribution in [3.05, 3.63) is 30.3 Å². The largest absolute Gasteiger partial charge is 0.484 e. The number of hydrogen-bond acceptors (Lipinski definition) is 3. The number of rotatable bonds is 5. The molecule has 0 bridgehead atoms. The molecule has 0 unspecified atom stereocenters. The van der Waals surface area contributed by atoms with Crippen molar-refractivity contribution in [1.82, 2.24) is 10.2 Å².